The smallest absolute Gasteiger partial charge is 0.167 e. The van der Waals surface area contributed by atoms with Gasteiger partial charge in [-0.1, -0.05) is 25.6 Å². The van der Waals surface area contributed by atoms with E-state index in [2.05, 4.69) is 42.8 Å². The van der Waals surface area contributed by atoms with Crippen LogP contribution in [-0.2, 0) is 7.05 Å². The fraction of sp³-hybridized carbons (Fsp3) is 0.750. The normalized spacial score (nSPS) is 28.5. The van der Waals surface area contributed by atoms with Gasteiger partial charge in [-0.25, -0.2) is 4.98 Å². The number of rotatable bonds is 3. The second-order valence-electron chi connectivity index (χ2n) is 5.27. The monoisotopic (exact) mass is 239 g/mol. The quantitative estimate of drug-likeness (QED) is 0.877. The van der Waals surface area contributed by atoms with Crippen LogP contribution in [0.15, 0.2) is 17.6 Å². The molecular weight excluding hydrogens is 218 g/mol. The molecule has 4 heteroatoms. The van der Waals surface area contributed by atoms with Crippen LogP contribution >= 0.6 is 11.8 Å². The molecule has 2 atom stereocenters. The van der Waals surface area contributed by atoms with E-state index in [1.54, 1.807) is 0 Å². The molecule has 1 aromatic heterocycles. The third-order valence-corrected chi connectivity index (χ3v) is 5.05. The maximum Gasteiger partial charge on any atom is 0.167 e. The van der Waals surface area contributed by atoms with Gasteiger partial charge in [0, 0.05) is 30.7 Å². The minimum absolute atomic E-state index is 0.400. The second kappa shape index (κ2) is 4.41. The Balaban J connectivity index is 2.09. The summed E-state index contributed by atoms with van der Waals surface area (Å²) in [6.45, 7) is 4.71. The van der Waals surface area contributed by atoms with Crippen molar-refractivity contribution >= 4 is 11.8 Å². The standard InChI is InChI=1S/C12H21N3S/c1-12(2)6-5-9(10(12)13-3)16-11-14-7-8-15(11)4/h7-10,13H,5-6H2,1-4H3. The van der Waals surface area contributed by atoms with E-state index in [9.17, 15) is 0 Å². The first-order valence-corrected chi connectivity index (χ1v) is 6.74. The third-order valence-electron chi connectivity index (χ3n) is 3.63. The molecule has 0 spiro atoms. The molecule has 0 saturated heterocycles. The second-order valence-corrected chi connectivity index (χ2v) is 6.48. The number of aromatic nitrogens is 2. The molecule has 1 aromatic rings. The van der Waals surface area contributed by atoms with Crippen LogP contribution in [0.3, 0.4) is 0 Å². The molecule has 0 radical (unpaired) electrons. The largest absolute Gasteiger partial charge is 0.329 e. The van der Waals surface area contributed by atoms with Crippen LogP contribution < -0.4 is 5.32 Å². The van der Waals surface area contributed by atoms with Crippen molar-refractivity contribution in [2.45, 2.75) is 43.1 Å². The molecule has 90 valence electrons. The van der Waals surface area contributed by atoms with Crippen LogP contribution in [0.25, 0.3) is 0 Å². The van der Waals surface area contributed by atoms with Crippen LogP contribution in [0.4, 0.5) is 0 Å². The van der Waals surface area contributed by atoms with Gasteiger partial charge in [0.15, 0.2) is 5.16 Å². The predicted octanol–water partition coefficient (Wildman–Crippen LogP) is 2.29. The molecule has 0 aromatic carbocycles. The molecule has 0 aliphatic heterocycles. The van der Waals surface area contributed by atoms with Crippen molar-refractivity contribution in [2.75, 3.05) is 7.05 Å². The number of imidazole rings is 1. The highest BCUT2D eigenvalue weighted by Crippen LogP contribution is 2.44. The van der Waals surface area contributed by atoms with Crippen molar-refractivity contribution in [1.82, 2.24) is 14.9 Å². The van der Waals surface area contributed by atoms with Gasteiger partial charge in [-0.05, 0) is 25.3 Å². The van der Waals surface area contributed by atoms with Crippen LogP contribution in [0.2, 0.25) is 0 Å². The Morgan fingerprint density at radius 3 is 2.88 bits per heavy atom. The maximum absolute atomic E-state index is 4.39. The van der Waals surface area contributed by atoms with E-state index in [0.29, 0.717) is 16.7 Å². The third kappa shape index (κ3) is 2.13. The Labute approximate surface area is 102 Å². The summed E-state index contributed by atoms with van der Waals surface area (Å²) in [6.07, 6.45) is 6.45. The molecular formula is C12H21N3S. The first-order chi connectivity index (χ1) is 7.54. The molecule has 16 heavy (non-hydrogen) atoms. The number of aryl methyl sites for hydroxylation is 1. The number of thioether (sulfide) groups is 1. The molecule has 1 heterocycles. The molecule has 0 amide bonds. The van der Waals surface area contributed by atoms with Crippen molar-refractivity contribution in [2.24, 2.45) is 12.5 Å². The number of hydrogen-bond donors (Lipinski definition) is 1. The zero-order chi connectivity index (χ0) is 11.8. The SMILES string of the molecule is CNC1C(Sc2nccn2C)CCC1(C)C. The topological polar surface area (TPSA) is 29.9 Å². The van der Waals surface area contributed by atoms with Gasteiger partial charge in [-0.15, -0.1) is 0 Å². The maximum atomic E-state index is 4.39. The summed E-state index contributed by atoms with van der Waals surface area (Å²) in [5, 5.41) is 5.25. The summed E-state index contributed by atoms with van der Waals surface area (Å²) in [7, 11) is 4.13. The van der Waals surface area contributed by atoms with E-state index < -0.39 is 0 Å². The molecule has 1 N–H and O–H groups in total. The number of nitrogens with zero attached hydrogens (tertiary/aromatic N) is 2. The van der Waals surface area contributed by atoms with Crippen molar-refractivity contribution in [3.05, 3.63) is 12.4 Å². The molecule has 3 nitrogen and oxygen atoms in total. The fourth-order valence-electron chi connectivity index (χ4n) is 2.64. The van der Waals surface area contributed by atoms with Gasteiger partial charge in [0.05, 0.1) is 0 Å². The van der Waals surface area contributed by atoms with E-state index in [1.807, 2.05) is 24.2 Å². The van der Waals surface area contributed by atoms with E-state index in [-0.39, 0.29) is 0 Å². The lowest BCUT2D eigenvalue weighted by atomic mass is 9.87. The van der Waals surface area contributed by atoms with Gasteiger partial charge < -0.3 is 9.88 Å². The molecule has 2 unspecified atom stereocenters. The highest BCUT2D eigenvalue weighted by molar-refractivity contribution is 7.99. The summed E-state index contributed by atoms with van der Waals surface area (Å²) < 4.78 is 2.10. The summed E-state index contributed by atoms with van der Waals surface area (Å²) in [4.78, 5) is 4.39. The Morgan fingerprint density at radius 1 is 1.56 bits per heavy atom. The van der Waals surface area contributed by atoms with Gasteiger partial charge in [0.1, 0.15) is 0 Å². The first-order valence-electron chi connectivity index (χ1n) is 5.86. The molecule has 2 rings (SSSR count). The van der Waals surface area contributed by atoms with Crippen molar-refractivity contribution in [1.29, 1.82) is 0 Å². The van der Waals surface area contributed by atoms with Gasteiger partial charge in [-0.2, -0.15) is 0 Å². The Morgan fingerprint density at radius 2 is 2.31 bits per heavy atom. The lowest BCUT2D eigenvalue weighted by Gasteiger charge is -2.29. The summed E-state index contributed by atoms with van der Waals surface area (Å²) in [5.74, 6) is 0. The van der Waals surface area contributed by atoms with Crippen LogP contribution in [0.5, 0.6) is 0 Å². The molecule has 1 saturated carbocycles. The molecule has 1 aliphatic rings. The Hall–Kier alpha value is -0.480. The minimum atomic E-state index is 0.400. The summed E-state index contributed by atoms with van der Waals surface area (Å²) in [6, 6.07) is 0.578. The zero-order valence-corrected chi connectivity index (χ0v) is 11.3. The van der Waals surface area contributed by atoms with Crippen LogP contribution in [0, 0.1) is 5.41 Å². The average molecular weight is 239 g/mol. The van der Waals surface area contributed by atoms with E-state index >= 15 is 0 Å². The summed E-state index contributed by atoms with van der Waals surface area (Å²) in [5.41, 5.74) is 0.400. The van der Waals surface area contributed by atoms with Gasteiger partial charge in [0.2, 0.25) is 0 Å². The van der Waals surface area contributed by atoms with E-state index in [4.69, 9.17) is 0 Å². The first kappa shape index (κ1) is 12.0. The fourth-order valence-corrected chi connectivity index (χ4v) is 4.14. The van der Waals surface area contributed by atoms with Gasteiger partial charge >= 0.3 is 0 Å². The van der Waals surface area contributed by atoms with Crippen LogP contribution in [0.1, 0.15) is 26.7 Å². The van der Waals surface area contributed by atoms with Crippen molar-refractivity contribution in [3.8, 4) is 0 Å². The minimum Gasteiger partial charge on any atom is -0.329 e. The number of nitrogens with one attached hydrogen (secondary N) is 1. The predicted molar refractivity (Wildman–Crippen MR) is 68.7 cm³/mol. The number of hydrogen-bond acceptors (Lipinski definition) is 3. The lowest BCUT2D eigenvalue weighted by molar-refractivity contribution is 0.300. The molecule has 0 bridgehead atoms. The van der Waals surface area contributed by atoms with Crippen molar-refractivity contribution < 1.29 is 0 Å². The van der Waals surface area contributed by atoms with E-state index in [1.165, 1.54) is 12.8 Å². The highest BCUT2D eigenvalue weighted by atomic mass is 32.2. The zero-order valence-electron chi connectivity index (χ0n) is 10.5. The molecule has 1 aliphatic carbocycles. The van der Waals surface area contributed by atoms with Crippen molar-refractivity contribution in [3.63, 3.8) is 0 Å². The lowest BCUT2D eigenvalue weighted by Crippen LogP contribution is -2.41. The molecule has 1 fully saturated rings. The average Bonchev–Trinajstić information content (AvgIpc) is 2.73. The van der Waals surface area contributed by atoms with E-state index in [0.717, 1.165) is 5.16 Å². The Kier molecular flexibility index (Phi) is 3.31. The summed E-state index contributed by atoms with van der Waals surface area (Å²) >= 11 is 1.91. The van der Waals surface area contributed by atoms with Crippen LogP contribution in [-0.4, -0.2) is 27.9 Å². The van der Waals surface area contributed by atoms with Gasteiger partial charge in [0.25, 0.3) is 0 Å². The van der Waals surface area contributed by atoms with Gasteiger partial charge in [-0.3, -0.25) is 0 Å². The highest BCUT2D eigenvalue weighted by Gasteiger charge is 2.41. The Bertz CT molecular complexity index is 359.